The van der Waals surface area contributed by atoms with Crippen molar-refractivity contribution in [3.63, 3.8) is 0 Å². The molecule has 1 rings (SSSR count). The minimum absolute atomic E-state index is 0.271. The Morgan fingerprint density at radius 1 is 1.43 bits per heavy atom. The third-order valence-corrected chi connectivity index (χ3v) is 2.26. The van der Waals surface area contributed by atoms with Crippen LogP contribution in [0.2, 0.25) is 0 Å². The first-order valence-corrected chi connectivity index (χ1v) is 5.37. The fourth-order valence-electron chi connectivity index (χ4n) is 1.55. The van der Waals surface area contributed by atoms with Crippen LogP contribution in [0.1, 0.15) is 33.0 Å². The second-order valence-corrected chi connectivity index (χ2v) is 4.60. The highest BCUT2D eigenvalue weighted by molar-refractivity contribution is 5.01. The van der Waals surface area contributed by atoms with Crippen molar-refractivity contribution < 1.29 is 4.42 Å². The van der Waals surface area contributed by atoms with Crippen molar-refractivity contribution in [2.75, 3.05) is 13.1 Å². The van der Waals surface area contributed by atoms with Gasteiger partial charge in [0.25, 0.3) is 0 Å². The predicted molar refractivity (Wildman–Crippen MR) is 59.4 cm³/mol. The van der Waals surface area contributed by atoms with Crippen LogP contribution in [0.4, 0.5) is 0 Å². The van der Waals surface area contributed by atoms with Gasteiger partial charge in [-0.3, -0.25) is 0 Å². The molecule has 0 atom stereocenters. The third kappa shape index (κ3) is 3.97. The van der Waals surface area contributed by atoms with E-state index in [0.29, 0.717) is 0 Å². The molecule has 2 heteroatoms. The lowest BCUT2D eigenvalue weighted by molar-refractivity contribution is 0.311. The molecule has 0 radical (unpaired) electrons. The number of furan rings is 1. The molecule has 0 bridgehead atoms. The summed E-state index contributed by atoms with van der Waals surface area (Å²) >= 11 is 0. The van der Waals surface area contributed by atoms with E-state index in [1.54, 1.807) is 6.26 Å². The van der Waals surface area contributed by atoms with Crippen LogP contribution in [-0.4, -0.2) is 13.1 Å². The number of hydrogen-bond donors (Lipinski definition) is 1. The average Bonchev–Trinajstić information content (AvgIpc) is 2.56. The van der Waals surface area contributed by atoms with Crippen LogP contribution in [0, 0.1) is 5.41 Å². The lowest BCUT2D eigenvalue weighted by Crippen LogP contribution is -2.31. The van der Waals surface area contributed by atoms with Crippen molar-refractivity contribution in [2.24, 2.45) is 5.41 Å². The highest BCUT2D eigenvalue weighted by atomic mass is 16.3. The van der Waals surface area contributed by atoms with E-state index < -0.39 is 0 Å². The molecule has 0 spiro atoms. The molecule has 0 saturated carbocycles. The lowest BCUT2D eigenvalue weighted by atomic mass is 9.88. The van der Waals surface area contributed by atoms with Crippen LogP contribution >= 0.6 is 0 Å². The standard InChI is InChI=1S/C12H21NO/c1-4-7-13-10-12(2,3)9-11-6-5-8-14-11/h5-6,8,13H,4,7,9-10H2,1-3H3. The topological polar surface area (TPSA) is 25.2 Å². The zero-order valence-corrected chi connectivity index (χ0v) is 9.47. The maximum Gasteiger partial charge on any atom is 0.104 e. The van der Waals surface area contributed by atoms with E-state index >= 15 is 0 Å². The second kappa shape index (κ2) is 5.20. The Hall–Kier alpha value is -0.760. The molecule has 0 saturated heterocycles. The van der Waals surface area contributed by atoms with Crippen LogP contribution in [0.25, 0.3) is 0 Å². The molecule has 0 aliphatic rings. The van der Waals surface area contributed by atoms with Crippen molar-refractivity contribution in [3.8, 4) is 0 Å². The van der Waals surface area contributed by atoms with E-state index in [1.165, 1.54) is 6.42 Å². The lowest BCUT2D eigenvalue weighted by Gasteiger charge is -2.23. The minimum atomic E-state index is 0.271. The summed E-state index contributed by atoms with van der Waals surface area (Å²) in [4.78, 5) is 0. The molecule has 0 amide bonds. The van der Waals surface area contributed by atoms with E-state index in [0.717, 1.165) is 25.3 Å². The first-order valence-electron chi connectivity index (χ1n) is 5.37. The van der Waals surface area contributed by atoms with Gasteiger partial charge in [0.15, 0.2) is 0 Å². The Morgan fingerprint density at radius 3 is 2.79 bits per heavy atom. The summed E-state index contributed by atoms with van der Waals surface area (Å²) in [6.45, 7) is 8.85. The zero-order chi connectivity index (χ0) is 10.4. The van der Waals surface area contributed by atoms with Gasteiger partial charge in [0.2, 0.25) is 0 Å². The van der Waals surface area contributed by atoms with Gasteiger partial charge in [-0.1, -0.05) is 20.8 Å². The maximum absolute atomic E-state index is 5.35. The Labute approximate surface area is 86.7 Å². The number of hydrogen-bond acceptors (Lipinski definition) is 2. The molecular weight excluding hydrogens is 174 g/mol. The van der Waals surface area contributed by atoms with Crippen molar-refractivity contribution in [3.05, 3.63) is 24.2 Å². The van der Waals surface area contributed by atoms with Crippen LogP contribution in [0.15, 0.2) is 22.8 Å². The molecule has 0 aliphatic carbocycles. The fraction of sp³-hybridized carbons (Fsp3) is 0.667. The smallest absolute Gasteiger partial charge is 0.104 e. The first-order chi connectivity index (χ1) is 6.64. The fourth-order valence-corrected chi connectivity index (χ4v) is 1.55. The van der Waals surface area contributed by atoms with Crippen LogP contribution in [0.3, 0.4) is 0 Å². The van der Waals surface area contributed by atoms with Gasteiger partial charge in [0.05, 0.1) is 6.26 Å². The molecule has 0 aromatic carbocycles. The van der Waals surface area contributed by atoms with E-state index in [4.69, 9.17) is 4.42 Å². The Bertz CT molecular complexity index is 239. The van der Waals surface area contributed by atoms with Crippen LogP contribution < -0.4 is 5.32 Å². The zero-order valence-electron chi connectivity index (χ0n) is 9.47. The van der Waals surface area contributed by atoms with Crippen molar-refractivity contribution in [1.82, 2.24) is 5.32 Å². The molecule has 80 valence electrons. The molecule has 1 aromatic heterocycles. The number of rotatable bonds is 6. The summed E-state index contributed by atoms with van der Waals surface area (Å²) in [6.07, 6.45) is 3.93. The van der Waals surface area contributed by atoms with Crippen molar-refractivity contribution >= 4 is 0 Å². The minimum Gasteiger partial charge on any atom is -0.469 e. The van der Waals surface area contributed by atoms with Gasteiger partial charge in [0, 0.05) is 13.0 Å². The molecule has 0 fully saturated rings. The van der Waals surface area contributed by atoms with Gasteiger partial charge in [-0.15, -0.1) is 0 Å². The van der Waals surface area contributed by atoms with Gasteiger partial charge in [-0.2, -0.15) is 0 Å². The summed E-state index contributed by atoms with van der Waals surface area (Å²) in [5.74, 6) is 1.08. The van der Waals surface area contributed by atoms with Crippen molar-refractivity contribution in [2.45, 2.75) is 33.6 Å². The van der Waals surface area contributed by atoms with Gasteiger partial charge in [-0.05, 0) is 30.5 Å². The summed E-state index contributed by atoms with van der Waals surface area (Å²) in [6, 6.07) is 3.99. The highest BCUT2D eigenvalue weighted by Gasteiger charge is 2.19. The van der Waals surface area contributed by atoms with Crippen molar-refractivity contribution in [1.29, 1.82) is 0 Å². The maximum atomic E-state index is 5.35. The quantitative estimate of drug-likeness (QED) is 0.706. The van der Waals surface area contributed by atoms with Gasteiger partial charge >= 0.3 is 0 Å². The monoisotopic (exact) mass is 195 g/mol. The molecular formula is C12H21NO. The summed E-state index contributed by atoms with van der Waals surface area (Å²) in [5.41, 5.74) is 0.271. The van der Waals surface area contributed by atoms with Gasteiger partial charge in [0.1, 0.15) is 5.76 Å². The van der Waals surface area contributed by atoms with E-state index in [2.05, 4.69) is 26.1 Å². The van der Waals surface area contributed by atoms with E-state index in [1.807, 2.05) is 12.1 Å². The van der Waals surface area contributed by atoms with Gasteiger partial charge < -0.3 is 9.73 Å². The number of nitrogens with one attached hydrogen (secondary N) is 1. The average molecular weight is 195 g/mol. The Balaban J connectivity index is 2.33. The molecule has 14 heavy (non-hydrogen) atoms. The molecule has 0 unspecified atom stereocenters. The Kier molecular flexibility index (Phi) is 4.21. The molecule has 0 aliphatic heterocycles. The molecule has 1 aromatic rings. The second-order valence-electron chi connectivity index (χ2n) is 4.60. The van der Waals surface area contributed by atoms with Crippen LogP contribution in [-0.2, 0) is 6.42 Å². The van der Waals surface area contributed by atoms with Crippen LogP contribution in [0.5, 0.6) is 0 Å². The summed E-state index contributed by atoms with van der Waals surface area (Å²) in [5, 5.41) is 3.45. The van der Waals surface area contributed by atoms with E-state index in [-0.39, 0.29) is 5.41 Å². The first kappa shape index (κ1) is 11.3. The summed E-state index contributed by atoms with van der Waals surface area (Å²) < 4.78 is 5.35. The SMILES string of the molecule is CCCNCC(C)(C)Cc1ccco1. The summed E-state index contributed by atoms with van der Waals surface area (Å²) in [7, 11) is 0. The molecule has 1 heterocycles. The largest absolute Gasteiger partial charge is 0.469 e. The third-order valence-electron chi connectivity index (χ3n) is 2.26. The van der Waals surface area contributed by atoms with Gasteiger partial charge in [-0.25, -0.2) is 0 Å². The predicted octanol–water partition coefficient (Wildman–Crippen LogP) is 2.85. The highest BCUT2D eigenvalue weighted by Crippen LogP contribution is 2.20. The normalized spacial score (nSPS) is 11.9. The Morgan fingerprint density at radius 2 is 2.21 bits per heavy atom. The molecule has 2 nitrogen and oxygen atoms in total. The molecule has 1 N–H and O–H groups in total. The van der Waals surface area contributed by atoms with E-state index in [9.17, 15) is 0 Å².